The summed E-state index contributed by atoms with van der Waals surface area (Å²) in [5.41, 5.74) is 3.76. The number of benzene rings is 2. The number of nitrogens with zero attached hydrogens (tertiary/aromatic N) is 1. The Labute approximate surface area is 117 Å². The lowest BCUT2D eigenvalue weighted by Crippen LogP contribution is -1.89. The van der Waals surface area contributed by atoms with Crippen LogP contribution in [-0.4, -0.2) is 0 Å². The summed E-state index contributed by atoms with van der Waals surface area (Å²) in [6.45, 7) is 4.12. The Hall–Kier alpha value is -1.79. The number of aryl methyl sites for hydroxylation is 2. The second-order valence-electron chi connectivity index (χ2n) is 4.51. The van der Waals surface area contributed by atoms with Crippen molar-refractivity contribution in [2.45, 2.75) is 24.5 Å². The van der Waals surface area contributed by atoms with E-state index in [1.165, 1.54) is 34.5 Å². The van der Waals surface area contributed by atoms with Crippen LogP contribution in [0.3, 0.4) is 0 Å². The number of thioether (sulfide) groups is 1. The van der Waals surface area contributed by atoms with E-state index < -0.39 is 5.82 Å². The minimum Gasteiger partial charge on any atom is -0.206 e. The standard InChI is InChI=1S/C16H14FNS/c1-11-6-12(2)8-13(7-11)10-19-16-5-3-4-15(17)14(16)9-18/h3-8H,10H2,1-2H3. The van der Waals surface area contributed by atoms with Crippen molar-refractivity contribution < 1.29 is 4.39 Å². The summed E-state index contributed by atoms with van der Waals surface area (Å²) in [6.07, 6.45) is 0. The maximum atomic E-state index is 13.5. The third kappa shape index (κ3) is 3.36. The predicted molar refractivity (Wildman–Crippen MR) is 76.6 cm³/mol. The molecule has 2 aromatic carbocycles. The first-order valence-corrected chi connectivity index (χ1v) is 6.97. The molecule has 0 spiro atoms. The highest BCUT2D eigenvalue weighted by molar-refractivity contribution is 7.98. The molecular weight excluding hydrogens is 257 g/mol. The SMILES string of the molecule is Cc1cc(C)cc(CSc2cccc(F)c2C#N)c1. The topological polar surface area (TPSA) is 23.8 Å². The van der Waals surface area contributed by atoms with Gasteiger partial charge in [-0.25, -0.2) is 4.39 Å². The minimum atomic E-state index is -0.451. The molecule has 0 amide bonds. The van der Waals surface area contributed by atoms with E-state index in [4.69, 9.17) is 5.26 Å². The zero-order valence-electron chi connectivity index (χ0n) is 10.9. The molecule has 0 aromatic heterocycles. The number of halogens is 1. The van der Waals surface area contributed by atoms with Crippen molar-refractivity contribution in [3.05, 3.63) is 64.5 Å². The van der Waals surface area contributed by atoms with Gasteiger partial charge in [-0.2, -0.15) is 5.26 Å². The number of hydrogen-bond acceptors (Lipinski definition) is 2. The molecule has 0 unspecified atom stereocenters. The van der Waals surface area contributed by atoms with Gasteiger partial charge < -0.3 is 0 Å². The van der Waals surface area contributed by atoms with Crippen LogP contribution in [0.5, 0.6) is 0 Å². The van der Waals surface area contributed by atoms with Crippen molar-refractivity contribution >= 4 is 11.8 Å². The third-order valence-corrected chi connectivity index (χ3v) is 3.89. The lowest BCUT2D eigenvalue weighted by atomic mass is 10.1. The van der Waals surface area contributed by atoms with Crippen molar-refractivity contribution in [1.29, 1.82) is 5.26 Å². The van der Waals surface area contributed by atoms with Crippen LogP contribution in [0.25, 0.3) is 0 Å². The van der Waals surface area contributed by atoms with Gasteiger partial charge in [0.05, 0.1) is 0 Å². The maximum Gasteiger partial charge on any atom is 0.142 e. The Kier molecular flexibility index (Phi) is 4.24. The summed E-state index contributed by atoms with van der Waals surface area (Å²) < 4.78 is 13.5. The van der Waals surface area contributed by atoms with Crippen LogP contribution in [0.1, 0.15) is 22.3 Å². The van der Waals surface area contributed by atoms with Gasteiger partial charge in [-0.1, -0.05) is 35.4 Å². The first-order valence-electron chi connectivity index (χ1n) is 5.99. The zero-order valence-corrected chi connectivity index (χ0v) is 11.7. The summed E-state index contributed by atoms with van der Waals surface area (Å²) in [5.74, 6) is 0.286. The molecule has 0 atom stereocenters. The van der Waals surface area contributed by atoms with E-state index in [2.05, 4.69) is 32.0 Å². The normalized spacial score (nSPS) is 10.2. The maximum absolute atomic E-state index is 13.5. The molecule has 0 saturated heterocycles. The average Bonchev–Trinajstić information content (AvgIpc) is 2.35. The first kappa shape index (κ1) is 13.6. The Morgan fingerprint density at radius 1 is 1.16 bits per heavy atom. The monoisotopic (exact) mass is 271 g/mol. The summed E-state index contributed by atoms with van der Waals surface area (Å²) >= 11 is 1.49. The lowest BCUT2D eigenvalue weighted by molar-refractivity contribution is 0.620. The quantitative estimate of drug-likeness (QED) is 0.761. The molecule has 0 fully saturated rings. The van der Waals surface area contributed by atoms with Gasteiger partial charge in [-0.15, -0.1) is 11.8 Å². The van der Waals surface area contributed by atoms with Crippen molar-refractivity contribution in [3.8, 4) is 6.07 Å². The van der Waals surface area contributed by atoms with Gasteiger partial charge in [0.2, 0.25) is 0 Å². The van der Waals surface area contributed by atoms with Crippen LogP contribution in [0, 0.1) is 31.0 Å². The summed E-state index contributed by atoms with van der Waals surface area (Å²) in [4.78, 5) is 0.696. The van der Waals surface area contributed by atoms with Crippen LogP contribution < -0.4 is 0 Å². The van der Waals surface area contributed by atoms with E-state index in [9.17, 15) is 4.39 Å². The van der Waals surface area contributed by atoms with Crippen molar-refractivity contribution in [1.82, 2.24) is 0 Å². The highest BCUT2D eigenvalue weighted by atomic mass is 32.2. The highest BCUT2D eigenvalue weighted by Gasteiger charge is 2.08. The predicted octanol–water partition coefficient (Wildman–Crippen LogP) is 4.61. The molecule has 2 rings (SSSR count). The average molecular weight is 271 g/mol. The van der Waals surface area contributed by atoms with E-state index >= 15 is 0 Å². The molecule has 19 heavy (non-hydrogen) atoms. The molecule has 1 nitrogen and oxygen atoms in total. The van der Waals surface area contributed by atoms with Crippen molar-refractivity contribution in [3.63, 3.8) is 0 Å². The van der Waals surface area contributed by atoms with Crippen LogP contribution in [0.15, 0.2) is 41.3 Å². The molecule has 0 aliphatic rings. The van der Waals surface area contributed by atoms with Crippen molar-refractivity contribution in [2.24, 2.45) is 0 Å². The second-order valence-corrected chi connectivity index (χ2v) is 5.53. The molecule has 0 N–H and O–H groups in total. The number of rotatable bonds is 3. The van der Waals surface area contributed by atoms with Gasteiger partial charge in [-0.3, -0.25) is 0 Å². The number of nitriles is 1. The van der Waals surface area contributed by atoms with Gasteiger partial charge in [0, 0.05) is 10.6 Å². The number of hydrogen-bond donors (Lipinski definition) is 0. The molecular formula is C16H14FNS. The molecule has 96 valence electrons. The molecule has 0 aliphatic heterocycles. The van der Waals surface area contributed by atoms with Crippen LogP contribution in [0.4, 0.5) is 4.39 Å². The third-order valence-electron chi connectivity index (χ3n) is 2.76. The Morgan fingerprint density at radius 2 is 1.84 bits per heavy atom. The molecule has 0 bridgehead atoms. The molecule has 2 aromatic rings. The minimum absolute atomic E-state index is 0.136. The van der Waals surface area contributed by atoms with E-state index in [-0.39, 0.29) is 5.56 Å². The van der Waals surface area contributed by atoms with Gasteiger partial charge >= 0.3 is 0 Å². The smallest absolute Gasteiger partial charge is 0.142 e. The van der Waals surface area contributed by atoms with Gasteiger partial charge in [0.1, 0.15) is 17.4 Å². The Bertz CT molecular complexity index is 623. The zero-order chi connectivity index (χ0) is 13.8. The summed E-state index contributed by atoms with van der Waals surface area (Å²) in [5, 5.41) is 8.98. The van der Waals surface area contributed by atoms with E-state index in [0.29, 0.717) is 4.90 Å². The van der Waals surface area contributed by atoms with Crippen molar-refractivity contribution in [2.75, 3.05) is 0 Å². The van der Waals surface area contributed by atoms with Crippen LogP contribution in [-0.2, 0) is 5.75 Å². The largest absolute Gasteiger partial charge is 0.206 e. The van der Waals surface area contributed by atoms with Gasteiger partial charge in [0.15, 0.2) is 0 Å². The fourth-order valence-corrected chi connectivity index (χ4v) is 3.00. The molecule has 0 saturated carbocycles. The Balaban J connectivity index is 2.19. The molecule has 0 radical (unpaired) electrons. The van der Waals surface area contributed by atoms with E-state index in [1.807, 2.05) is 6.07 Å². The summed E-state index contributed by atoms with van der Waals surface area (Å²) in [7, 11) is 0. The first-order chi connectivity index (χ1) is 9.10. The van der Waals surface area contributed by atoms with Crippen LogP contribution in [0.2, 0.25) is 0 Å². The molecule has 0 aliphatic carbocycles. The van der Waals surface area contributed by atoms with Crippen LogP contribution >= 0.6 is 11.8 Å². The van der Waals surface area contributed by atoms with E-state index in [1.54, 1.807) is 12.1 Å². The lowest BCUT2D eigenvalue weighted by Gasteiger charge is -2.07. The van der Waals surface area contributed by atoms with Gasteiger partial charge in [0.25, 0.3) is 0 Å². The Morgan fingerprint density at radius 3 is 2.47 bits per heavy atom. The summed E-state index contributed by atoms with van der Waals surface area (Å²) in [6, 6.07) is 13.0. The van der Waals surface area contributed by atoms with Gasteiger partial charge in [-0.05, 0) is 31.5 Å². The van der Waals surface area contributed by atoms with E-state index in [0.717, 1.165) is 5.75 Å². The molecule has 0 heterocycles. The fraction of sp³-hybridized carbons (Fsp3) is 0.188. The second kappa shape index (κ2) is 5.90. The molecule has 3 heteroatoms. The fourth-order valence-electron chi connectivity index (χ4n) is 2.05. The highest BCUT2D eigenvalue weighted by Crippen LogP contribution is 2.28.